The van der Waals surface area contributed by atoms with E-state index in [1.54, 1.807) is 11.0 Å². The molecule has 0 aliphatic heterocycles. The average Bonchev–Trinajstić information content (AvgIpc) is 2.57. The standard InChI is InChI=1S/C10H15N3O2/c1-9(2)5-10(9,8(14)15)3-4-13-7-11-6-12-13/h6-7H,3-5H2,1-2H3,(H,14,15). The molecule has 2 rings (SSSR count). The molecule has 1 aliphatic rings. The minimum atomic E-state index is -0.687. The summed E-state index contributed by atoms with van der Waals surface area (Å²) in [5.41, 5.74) is -0.641. The zero-order valence-electron chi connectivity index (χ0n) is 8.97. The molecule has 15 heavy (non-hydrogen) atoms. The van der Waals surface area contributed by atoms with E-state index in [-0.39, 0.29) is 5.41 Å². The van der Waals surface area contributed by atoms with Crippen molar-refractivity contribution >= 4 is 5.97 Å². The van der Waals surface area contributed by atoms with Crippen molar-refractivity contribution in [2.24, 2.45) is 10.8 Å². The highest BCUT2D eigenvalue weighted by Gasteiger charge is 2.66. The van der Waals surface area contributed by atoms with Crippen molar-refractivity contribution in [3.8, 4) is 0 Å². The van der Waals surface area contributed by atoms with Gasteiger partial charge in [0.25, 0.3) is 0 Å². The molecule has 1 saturated carbocycles. The van der Waals surface area contributed by atoms with Gasteiger partial charge in [0.1, 0.15) is 12.7 Å². The number of hydrogen-bond acceptors (Lipinski definition) is 3. The van der Waals surface area contributed by atoms with E-state index in [1.807, 2.05) is 13.8 Å². The number of hydrogen-bond donors (Lipinski definition) is 1. The third-order valence-corrected chi connectivity index (χ3v) is 3.56. The minimum Gasteiger partial charge on any atom is -0.481 e. The highest BCUT2D eigenvalue weighted by atomic mass is 16.4. The van der Waals surface area contributed by atoms with Crippen molar-refractivity contribution in [2.45, 2.75) is 33.2 Å². The lowest BCUT2D eigenvalue weighted by Crippen LogP contribution is -2.22. The van der Waals surface area contributed by atoms with Crippen molar-refractivity contribution in [1.82, 2.24) is 14.8 Å². The molecule has 1 atom stereocenters. The predicted octanol–water partition coefficient (Wildman–Crippen LogP) is 1.17. The lowest BCUT2D eigenvalue weighted by atomic mass is 9.92. The Morgan fingerprint density at radius 1 is 1.60 bits per heavy atom. The molecule has 5 heteroatoms. The van der Waals surface area contributed by atoms with Crippen LogP contribution in [0.5, 0.6) is 0 Å². The Balaban J connectivity index is 2.02. The molecule has 0 bridgehead atoms. The van der Waals surface area contributed by atoms with Crippen LogP contribution in [0.15, 0.2) is 12.7 Å². The van der Waals surface area contributed by atoms with Crippen LogP contribution in [0, 0.1) is 10.8 Å². The minimum absolute atomic E-state index is 0.0839. The highest BCUT2D eigenvalue weighted by molar-refractivity contribution is 5.79. The van der Waals surface area contributed by atoms with Gasteiger partial charge >= 0.3 is 5.97 Å². The molecule has 0 amide bonds. The zero-order valence-corrected chi connectivity index (χ0v) is 8.97. The first-order chi connectivity index (χ1) is 6.98. The summed E-state index contributed by atoms with van der Waals surface area (Å²) in [4.78, 5) is 15.0. The molecule has 0 spiro atoms. The normalized spacial score (nSPS) is 27.6. The largest absolute Gasteiger partial charge is 0.481 e. The molecule has 0 aromatic carbocycles. The summed E-state index contributed by atoms with van der Waals surface area (Å²) >= 11 is 0. The molecule has 0 saturated heterocycles. The molecule has 0 radical (unpaired) electrons. The maximum absolute atomic E-state index is 11.2. The van der Waals surface area contributed by atoms with Crippen molar-refractivity contribution < 1.29 is 9.90 Å². The van der Waals surface area contributed by atoms with E-state index in [0.717, 1.165) is 6.42 Å². The third-order valence-electron chi connectivity index (χ3n) is 3.56. The van der Waals surface area contributed by atoms with Gasteiger partial charge in [0.05, 0.1) is 5.41 Å². The van der Waals surface area contributed by atoms with Crippen LogP contribution in [-0.4, -0.2) is 25.8 Å². The monoisotopic (exact) mass is 209 g/mol. The van der Waals surface area contributed by atoms with Crippen molar-refractivity contribution in [2.75, 3.05) is 0 Å². The maximum atomic E-state index is 11.2. The second-order valence-electron chi connectivity index (χ2n) is 4.86. The third kappa shape index (κ3) is 1.52. The van der Waals surface area contributed by atoms with Crippen LogP contribution in [0.1, 0.15) is 26.7 Å². The average molecular weight is 209 g/mol. The lowest BCUT2D eigenvalue weighted by molar-refractivity contribution is -0.145. The van der Waals surface area contributed by atoms with E-state index in [4.69, 9.17) is 0 Å². The summed E-state index contributed by atoms with van der Waals surface area (Å²) in [7, 11) is 0. The molecule has 5 nitrogen and oxygen atoms in total. The Labute approximate surface area is 88.1 Å². The van der Waals surface area contributed by atoms with E-state index >= 15 is 0 Å². The van der Waals surface area contributed by atoms with Crippen molar-refractivity contribution in [3.05, 3.63) is 12.7 Å². The van der Waals surface area contributed by atoms with Gasteiger partial charge in [-0.05, 0) is 18.3 Å². The summed E-state index contributed by atoms with van der Waals surface area (Å²) in [6.45, 7) is 4.63. The first kappa shape index (κ1) is 10.1. The first-order valence-corrected chi connectivity index (χ1v) is 5.04. The summed E-state index contributed by atoms with van der Waals surface area (Å²) < 4.78 is 1.68. The molecule has 1 aromatic heterocycles. The van der Waals surface area contributed by atoms with Gasteiger partial charge in [-0.2, -0.15) is 5.10 Å². The fraction of sp³-hybridized carbons (Fsp3) is 0.700. The summed E-state index contributed by atoms with van der Waals surface area (Å²) in [6.07, 6.45) is 4.46. The number of aryl methyl sites for hydroxylation is 1. The number of carboxylic acid groups (broad SMARTS) is 1. The van der Waals surface area contributed by atoms with Gasteiger partial charge in [0.2, 0.25) is 0 Å². The number of rotatable bonds is 4. The van der Waals surface area contributed by atoms with Gasteiger partial charge in [-0.15, -0.1) is 0 Å². The van der Waals surface area contributed by atoms with Crippen LogP contribution in [0.3, 0.4) is 0 Å². The van der Waals surface area contributed by atoms with Crippen LogP contribution in [0.25, 0.3) is 0 Å². The molecular weight excluding hydrogens is 194 g/mol. The number of aromatic nitrogens is 3. The van der Waals surface area contributed by atoms with Gasteiger partial charge in [0.15, 0.2) is 0 Å². The molecule has 1 aromatic rings. The van der Waals surface area contributed by atoms with Gasteiger partial charge in [0, 0.05) is 6.54 Å². The van der Waals surface area contributed by atoms with Crippen LogP contribution in [-0.2, 0) is 11.3 Å². The first-order valence-electron chi connectivity index (χ1n) is 5.04. The fourth-order valence-electron chi connectivity index (χ4n) is 2.26. The zero-order chi connectivity index (χ0) is 11.1. The van der Waals surface area contributed by atoms with Crippen LogP contribution in [0.2, 0.25) is 0 Å². The van der Waals surface area contributed by atoms with E-state index < -0.39 is 11.4 Å². The van der Waals surface area contributed by atoms with E-state index in [1.165, 1.54) is 6.33 Å². The molecule has 1 heterocycles. The van der Waals surface area contributed by atoms with Gasteiger partial charge < -0.3 is 5.11 Å². The summed E-state index contributed by atoms with van der Waals surface area (Å²) in [6, 6.07) is 0. The highest BCUT2D eigenvalue weighted by Crippen LogP contribution is 2.65. The topological polar surface area (TPSA) is 68.0 Å². The Bertz CT molecular complexity index is 372. The molecular formula is C10H15N3O2. The summed E-state index contributed by atoms with van der Waals surface area (Å²) in [5, 5.41) is 13.2. The Kier molecular flexibility index (Phi) is 2.06. The van der Waals surface area contributed by atoms with E-state index in [9.17, 15) is 9.90 Å². The number of carboxylic acids is 1. The smallest absolute Gasteiger partial charge is 0.310 e. The van der Waals surface area contributed by atoms with Gasteiger partial charge in [-0.1, -0.05) is 13.8 Å². The predicted molar refractivity (Wildman–Crippen MR) is 53.1 cm³/mol. The van der Waals surface area contributed by atoms with Crippen LogP contribution < -0.4 is 0 Å². The van der Waals surface area contributed by atoms with E-state index in [0.29, 0.717) is 13.0 Å². The maximum Gasteiger partial charge on any atom is 0.310 e. The fourth-order valence-corrected chi connectivity index (χ4v) is 2.26. The molecule has 1 fully saturated rings. The van der Waals surface area contributed by atoms with Gasteiger partial charge in [-0.25, -0.2) is 4.98 Å². The molecule has 1 N–H and O–H groups in total. The molecule has 1 unspecified atom stereocenters. The lowest BCUT2D eigenvalue weighted by Gasteiger charge is -2.14. The second kappa shape index (κ2) is 3.05. The molecule has 82 valence electrons. The van der Waals surface area contributed by atoms with Crippen LogP contribution in [0.4, 0.5) is 0 Å². The van der Waals surface area contributed by atoms with Crippen molar-refractivity contribution in [1.29, 1.82) is 0 Å². The second-order valence-corrected chi connectivity index (χ2v) is 4.86. The number of carbonyl (C=O) groups is 1. The van der Waals surface area contributed by atoms with Crippen LogP contribution >= 0.6 is 0 Å². The Morgan fingerprint density at radius 3 is 2.67 bits per heavy atom. The molecule has 1 aliphatic carbocycles. The van der Waals surface area contributed by atoms with Gasteiger partial charge in [-0.3, -0.25) is 9.48 Å². The Morgan fingerprint density at radius 2 is 2.27 bits per heavy atom. The van der Waals surface area contributed by atoms with Crippen molar-refractivity contribution in [3.63, 3.8) is 0 Å². The summed E-state index contributed by atoms with van der Waals surface area (Å²) in [5.74, 6) is -0.687. The quantitative estimate of drug-likeness (QED) is 0.808. The SMILES string of the molecule is CC1(C)CC1(CCn1cncn1)C(=O)O. The van der Waals surface area contributed by atoms with E-state index in [2.05, 4.69) is 10.1 Å². The Hall–Kier alpha value is -1.39. The number of aliphatic carboxylic acids is 1. The number of nitrogens with zero attached hydrogens (tertiary/aromatic N) is 3.